The summed E-state index contributed by atoms with van der Waals surface area (Å²) in [6, 6.07) is 0. The molecule has 3 aliphatic carbocycles. The van der Waals surface area contributed by atoms with Gasteiger partial charge in [0.25, 0.3) is 0 Å². The molecule has 0 spiro atoms. The van der Waals surface area contributed by atoms with E-state index in [1.807, 2.05) is 0 Å². The van der Waals surface area contributed by atoms with Crippen LogP contribution in [0.1, 0.15) is 98.8 Å². The molecule has 3 aliphatic rings. The number of ketones is 1. The highest BCUT2D eigenvalue weighted by molar-refractivity contribution is 9.10. The topological polar surface area (TPSA) is 54.4 Å². The average Bonchev–Trinajstić information content (AvgIpc) is 3.02. The molecule has 0 radical (unpaired) electrons. The lowest BCUT2D eigenvalue weighted by atomic mass is 9.48. The van der Waals surface area contributed by atoms with Gasteiger partial charge in [-0.3, -0.25) is 9.59 Å². The highest BCUT2D eigenvalue weighted by atomic mass is 79.9. The zero-order valence-corrected chi connectivity index (χ0v) is 21.3. The molecule has 30 heavy (non-hydrogen) atoms. The molecule has 8 atom stereocenters. The zero-order valence-electron chi connectivity index (χ0n) is 19.8. The zero-order chi connectivity index (χ0) is 22.3. The molecule has 0 aliphatic heterocycles. The fourth-order valence-electron chi connectivity index (χ4n) is 7.99. The monoisotopic (exact) mass is 482 g/mol. The van der Waals surface area contributed by atoms with Crippen LogP contribution in [0.25, 0.3) is 0 Å². The number of carboxylic acid groups (broad SMARTS) is 1. The van der Waals surface area contributed by atoms with Crippen LogP contribution in [0.5, 0.6) is 0 Å². The lowest BCUT2D eigenvalue weighted by molar-refractivity contribution is -0.147. The van der Waals surface area contributed by atoms with Crippen LogP contribution in [0.3, 0.4) is 0 Å². The second-order valence-corrected chi connectivity index (χ2v) is 12.9. The molecule has 0 aromatic carbocycles. The first-order chi connectivity index (χ1) is 14.0. The smallest absolute Gasteiger partial charge is 0.303 e. The van der Waals surface area contributed by atoms with Gasteiger partial charge in [-0.15, -0.1) is 0 Å². The number of carboxylic acids is 1. The Hall–Kier alpha value is -0.380. The first kappa shape index (κ1) is 24.3. The summed E-state index contributed by atoms with van der Waals surface area (Å²) in [5.41, 5.74) is -0.100. The Morgan fingerprint density at radius 1 is 1.13 bits per heavy atom. The Morgan fingerprint density at radius 2 is 1.83 bits per heavy atom. The van der Waals surface area contributed by atoms with Gasteiger partial charge >= 0.3 is 5.97 Å². The van der Waals surface area contributed by atoms with Crippen molar-refractivity contribution < 1.29 is 14.7 Å². The molecular weight excluding hydrogens is 440 g/mol. The molecule has 3 fully saturated rings. The summed E-state index contributed by atoms with van der Waals surface area (Å²) in [6.45, 7) is 11.8. The van der Waals surface area contributed by atoms with E-state index in [1.54, 1.807) is 0 Å². The van der Waals surface area contributed by atoms with Crippen molar-refractivity contribution in [3.63, 3.8) is 0 Å². The van der Waals surface area contributed by atoms with Crippen LogP contribution in [0.4, 0.5) is 0 Å². The van der Waals surface area contributed by atoms with Gasteiger partial charge in [-0.1, -0.05) is 69.8 Å². The van der Waals surface area contributed by atoms with Gasteiger partial charge in [0.2, 0.25) is 0 Å². The third kappa shape index (κ3) is 4.41. The maximum absolute atomic E-state index is 13.2. The van der Waals surface area contributed by atoms with Gasteiger partial charge in [-0.2, -0.15) is 0 Å². The molecule has 0 amide bonds. The van der Waals surface area contributed by atoms with Crippen LogP contribution in [0, 0.1) is 46.3 Å². The van der Waals surface area contributed by atoms with Crippen molar-refractivity contribution in [2.75, 3.05) is 0 Å². The highest BCUT2D eigenvalue weighted by Crippen LogP contribution is 2.66. The molecule has 172 valence electrons. The summed E-state index contributed by atoms with van der Waals surface area (Å²) < 4.78 is 0. The molecule has 0 aromatic heterocycles. The van der Waals surface area contributed by atoms with E-state index < -0.39 is 11.4 Å². The van der Waals surface area contributed by atoms with Gasteiger partial charge < -0.3 is 5.11 Å². The number of carbonyl (C=O) groups is 2. The van der Waals surface area contributed by atoms with Gasteiger partial charge in [-0.05, 0) is 79.4 Å². The third-order valence-corrected chi connectivity index (χ3v) is 10.4. The highest BCUT2D eigenvalue weighted by Gasteiger charge is 2.61. The van der Waals surface area contributed by atoms with Gasteiger partial charge in [0.1, 0.15) is 0 Å². The number of Topliss-reactive ketones (excluding diaryl/α,β-unsaturated/α-hetero) is 1. The van der Waals surface area contributed by atoms with Crippen molar-refractivity contribution in [2.24, 2.45) is 46.3 Å². The van der Waals surface area contributed by atoms with E-state index >= 15 is 0 Å². The predicted octanol–water partition coefficient (Wildman–Crippen LogP) is 7.11. The first-order valence-corrected chi connectivity index (χ1v) is 13.3. The molecule has 0 bridgehead atoms. The Morgan fingerprint density at radius 3 is 2.47 bits per heavy atom. The van der Waals surface area contributed by atoms with E-state index in [-0.39, 0.29) is 17.0 Å². The summed E-state index contributed by atoms with van der Waals surface area (Å²) in [7, 11) is 0. The van der Waals surface area contributed by atoms with E-state index in [9.17, 15) is 14.7 Å². The minimum Gasteiger partial charge on any atom is -0.481 e. The van der Waals surface area contributed by atoms with Gasteiger partial charge in [0, 0.05) is 11.8 Å². The van der Waals surface area contributed by atoms with Crippen molar-refractivity contribution in [3.05, 3.63) is 0 Å². The number of aliphatic carboxylic acids is 1. The van der Waals surface area contributed by atoms with Crippen molar-refractivity contribution in [1.29, 1.82) is 0 Å². The van der Waals surface area contributed by atoms with Crippen molar-refractivity contribution >= 4 is 27.7 Å². The number of halogens is 1. The Balaban J connectivity index is 1.77. The summed E-state index contributed by atoms with van der Waals surface area (Å²) in [5, 5.41) is 9.28. The minimum atomic E-state index is -0.783. The van der Waals surface area contributed by atoms with Crippen molar-refractivity contribution in [2.45, 2.75) is 104 Å². The fourth-order valence-corrected chi connectivity index (χ4v) is 8.95. The lowest BCUT2D eigenvalue weighted by Gasteiger charge is -2.57. The van der Waals surface area contributed by atoms with Crippen LogP contribution < -0.4 is 0 Å². The van der Waals surface area contributed by atoms with Crippen LogP contribution in [0.15, 0.2) is 0 Å². The van der Waals surface area contributed by atoms with Crippen LogP contribution in [0.2, 0.25) is 0 Å². The average molecular weight is 484 g/mol. The minimum absolute atomic E-state index is 0.0998. The lowest BCUT2D eigenvalue weighted by Crippen LogP contribution is -2.55. The standard InChI is InChI=1S/C26H43BrO3/c1-16(2)7-6-8-17(3)19-9-10-20-18-15-22(27)24(30)26(5,14-12-23(28)29)21(18)11-13-25(19,20)4/h16-22H,6-15H2,1-5H3,(H,28,29)/t17-,18-,19-,20+,21-,22+,25-,26+/m1/s1. The SMILES string of the molecule is CC(C)CCC[C@@H](C)[C@H]1CC[C@H]2[C@H]3C[C@H](Br)C(=O)[C@@](C)(CCC(=O)O)[C@@H]3CC[C@]12C. The molecule has 0 unspecified atom stereocenters. The molecule has 0 heterocycles. The van der Waals surface area contributed by atoms with Crippen molar-refractivity contribution in [1.82, 2.24) is 0 Å². The molecule has 0 saturated heterocycles. The largest absolute Gasteiger partial charge is 0.481 e. The van der Waals surface area contributed by atoms with E-state index in [0.29, 0.717) is 29.6 Å². The molecule has 3 rings (SSSR count). The summed E-state index contributed by atoms with van der Waals surface area (Å²) in [6.07, 6.45) is 10.5. The van der Waals surface area contributed by atoms with E-state index in [2.05, 4.69) is 50.5 Å². The Kier molecular flexibility index (Phi) is 7.47. The van der Waals surface area contributed by atoms with Crippen molar-refractivity contribution in [3.8, 4) is 0 Å². The summed E-state index contributed by atoms with van der Waals surface area (Å²) in [5.74, 6) is 3.43. The van der Waals surface area contributed by atoms with E-state index in [1.165, 1.54) is 38.5 Å². The first-order valence-electron chi connectivity index (χ1n) is 12.4. The second-order valence-electron chi connectivity index (χ2n) is 11.8. The van der Waals surface area contributed by atoms with Crippen LogP contribution >= 0.6 is 15.9 Å². The maximum atomic E-state index is 13.2. The van der Waals surface area contributed by atoms with Gasteiger partial charge in [-0.25, -0.2) is 0 Å². The molecule has 3 nitrogen and oxygen atoms in total. The summed E-state index contributed by atoms with van der Waals surface area (Å²) >= 11 is 3.71. The maximum Gasteiger partial charge on any atom is 0.303 e. The number of alkyl halides is 1. The number of hydrogen-bond acceptors (Lipinski definition) is 2. The molecule has 4 heteroatoms. The second kappa shape index (κ2) is 9.24. The molecule has 3 saturated carbocycles. The number of rotatable bonds is 8. The summed E-state index contributed by atoms with van der Waals surface area (Å²) in [4.78, 5) is 24.4. The molecular formula is C26H43BrO3. The third-order valence-electron chi connectivity index (χ3n) is 9.64. The number of hydrogen-bond donors (Lipinski definition) is 1. The fraction of sp³-hybridized carbons (Fsp3) is 0.923. The van der Waals surface area contributed by atoms with Gasteiger partial charge in [0.15, 0.2) is 5.78 Å². The normalized spacial score (nSPS) is 42.1. The van der Waals surface area contributed by atoms with Crippen LogP contribution in [-0.2, 0) is 9.59 Å². The van der Waals surface area contributed by atoms with E-state index in [0.717, 1.165) is 30.6 Å². The van der Waals surface area contributed by atoms with E-state index in [4.69, 9.17) is 0 Å². The Bertz CT molecular complexity index is 646. The van der Waals surface area contributed by atoms with Gasteiger partial charge in [0.05, 0.1) is 4.83 Å². The molecule has 0 aromatic rings. The Labute approximate surface area is 192 Å². The number of carbonyl (C=O) groups excluding carboxylic acids is 1. The predicted molar refractivity (Wildman–Crippen MR) is 126 cm³/mol. The van der Waals surface area contributed by atoms with Crippen LogP contribution in [-0.4, -0.2) is 21.7 Å². The number of fused-ring (bicyclic) bond motifs is 3. The molecule has 1 N–H and O–H groups in total. The quantitative estimate of drug-likeness (QED) is 0.374.